The van der Waals surface area contributed by atoms with Crippen molar-refractivity contribution in [2.45, 2.75) is 13.0 Å². The lowest BCUT2D eigenvalue weighted by Crippen LogP contribution is -2.28. The minimum atomic E-state index is -1.26. The lowest BCUT2D eigenvalue weighted by Gasteiger charge is -2.13. The average Bonchev–Trinajstić information content (AvgIpc) is 2.88. The molecule has 0 unspecified atom stereocenters. The van der Waals surface area contributed by atoms with Gasteiger partial charge in [0.05, 0.1) is 12.4 Å². The third-order valence-electron chi connectivity index (χ3n) is 2.79. The second kappa shape index (κ2) is 5.52. The number of benzene rings is 1. The Balaban J connectivity index is 2.13. The summed E-state index contributed by atoms with van der Waals surface area (Å²) >= 11 is 0. The first kappa shape index (κ1) is 13.7. The largest absolute Gasteiger partial charge is 0.477 e. The van der Waals surface area contributed by atoms with Crippen molar-refractivity contribution >= 4 is 11.9 Å². The molecule has 104 valence electrons. The first-order valence-electron chi connectivity index (χ1n) is 5.82. The molecular weight excluding hydrogens is 265 g/mol. The van der Waals surface area contributed by atoms with Crippen LogP contribution in [-0.2, 0) is 0 Å². The Morgan fingerprint density at radius 1 is 1.35 bits per heavy atom. The molecule has 7 heteroatoms. The number of carboxylic acid groups (broad SMARTS) is 1. The van der Waals surface area contributed by atoms with Crippen molar-refractivity contribution in [1.29, 1.82) is 0 Å². The normalized spacial score (nSPS) is 11.9. The fourth-order valence-corrected chi connectivity index (χ4v) is 1.73. The van der Waals surface area contributed by atoms with Crippen LogP contribution in [0.3, 0.4) is 0 Å². The lowest BCUT2D eigenvalue weighted by atomic mass is 10.1. The van der Waals surface area contributed by atoms with Crippen LogP contribution in [0.4, 0.5) is 4.39 Å². The van der Waals surface area contributed by atoms with Crippen LogP contribution in [0, 0.1) is 5.82 Å². The number of hydrogen-bond acceptors (Lipinski definition) is 3. The first-order valence-corrected chi connectivity index (χ1v) is 5.82. The number of halogens is 1. The van der Waals surface area contributed by atoms with Crippen LogP contribution in [0.15, 0.2) is 30.6 Å². The molecule has 0 radical (unpaired) electrons. The third-order valence-corrected chi connectivity index (χ3v) is 2.79. The quantitative estimate of drug-likeness (QED) is 0.793. The number of H-pyrrole nitrogens is 1. The molecule has 0 spiro atoms. The highest BCUT2D eigenvalue weighted by Crippen LogP contribution is 2.14. The standard InChI is InChI=1S/C13H12FN3O3/c1-7(8-2-4-9(14)5-3-8)17-12(18)10-11(13(19)20)16-6-15-10/h2-7H,1H3,(H,15,16)(H,17,18)(H,19,20)/t7-/m0/s1. The van der Waals surface area contributed by atoms with Gasteiger partial charge in [0.2, 0.25) is 0 Å². The maximum absolute atomic E-state index is 12.8. The van der Waals surface area contributed by atoms with Gasteiger partial charge in [0, 0.05) is 0 Å². The van der Waals surface area contributed by atoms with E-state index < -0.39 is 17.9 Å². The molecule has 0 saturated carbocycles. The SMILES string of the molecule is C[C@H](NC(=O)c1nc[nH]c1C(=O)O)c1ccc(F)cc1. The molecule has 20 heavy (non-hydrogen) atoms. The highest BCUT2D eigenvalue weighted by molar-refractivity contribution is 6.02. The number of carbonyl (C=O) groups excluding carboxylic acids is 1. The minimum absolute atomic E-state index is 0.188. The Bertz CT molecular complexity index is 637. The Labute approximate surface area is 113 Å². The Morgan fingerprint density at radius 2 is 2.00 bits per heavy atom. The summed E-state index contributed by atoms with van der Waals surface area (Å²) in [6.45, 7) is 1.71. The summed E-state index contributed by atoms with van der Waals surface area (Å²) in [4.78, 5) is 28.9. The van der Waals surface area contributed by atoms with Crippen molar-refractivity contribution in [3.05, 3.63) is 53.4 Å². The summed E-state index contributed by atoms with van der Waals surface area (Å²) in [5.74, 6) is -2.24. The van der Waals surface area contributed by atoms with E-state index in [1.807, 2.05) is 0 Å². The van der Waals surface area contributed by atoms with Crippen molar-refractivity contribution < 1.29 is 19.1 Å². The van der Waals surface area contributed by atoms with E-state index in [0.29, 0.717) is 5.56 Å². The molecule has 0 fully saturated rings. The van der Waals surface area contributed by atoms with E-state index in [1.165, 1.54) is 12.1 Å². The summed E-state index contributed by atoms with van der Waals surface area (Å²) < 4.78 is 12.8. The minimum Gasteiger partial charge on any atom is -0.477 e. The van der Waals surface area contributed by atoms with E-state index in [1.54, 1.807) is 19.1 Å². The van der Waals surface area contributed by atoms with Gasteiger partial charge in [-0.15, -0.1) is 0 Å². The second-order valence-corrected chi connectivity index (χ2v) is 4.18. The molecule has 0 aliphatic rings. The summed E-state index contributed by atoms with van der Waals surface area (Å²) in [6, 6.07) is 5.26. The summed E-state index contributed by atoms with van der Waals surface area (Å²) in [7, 11) is 0. The number of amides is 1. The monoisotopic (exact) mass is 277 g/mol. The topological polar surface area (TPSA) is 95.1 Å². The summed E-state index contributed by atoms with van der Waals surface area (Å²) in [6.07, 6.45) is 1.14. The molecule has 2 rings (SSSR count). The van der Waals surface area contributed by atoms with Gasteiger partial charge >= 0.3 is 5.97 Å². The van der Waals surface area contributed by atoms with Gasteiger partial charge in [-0.3, -0.25) is 4.79 Å². The fraction of sp³-hybridized carbons (Fsp3) is 0.154. The molecule has 1 heterocycles. The molecule has 1 atom stereocenters. The molecule has 0 saturated heterocycles. The fourth-order valence-electron chi connectivity index (χ4n) is 1.73. The van der Waals surface area contributed by atoms with Gasteiger partial charge in [0.25, 0.3) is 5.91 Å². The van der Waals surface area contributed by atoms with Gasteiger partial charge in [-0.2, -0.15) is 0 Å². The van der Waals surface area contributed by atoms with Gasteiger partial charge in [-0.05, 0) is 24.6 Å². The number of rotatable bonds is 4. The number of imidazole rings is 1. The molecule has 2 aromatic rings. The molecule has 1 aromatic heterocycles. The third kappa shape index (κ3) is 2.82. The zero-order chi connectivity index (χ0) is 14.7. The van der Waals surface area contributed by atoms with E-state index in [-0.39, 0.29) is 17.2 Å². The zero-order valence-corrected chi connectivity index (χ0v) is 10.6. The van der Waals surface area contributed by atoms with E-state index in [0.717, 1.165) is 6.33 Å². The predicted molar refractivity (Wildman–Crippen MR) is 67.8 cm³/mol. The van der Waals surface area contributed by atoms with Gasteiger partial charge in [0.1, 0.15) is 5.82 Å². The van der Waals surface area contributed by atoms with Gasteiger partial charge < -0.3 is 15.4 Å². The van der Waals surface area contributed by atoms with E-state index in [4.69, 9.17) is 5.11 Å². The van der Waals surface area contributed by atoms with Gasteiger partial charge in [-0.25, -0.2) is 14.2 Å². The van der Waals surface area contributed by atoms with Crippen LogP contribution < -0.4 is 5.32 Å². The van der Waals surface area contributed by atoms with E-state index in [9.17, 15) is 14.0 Å². The number of nitrogens with one attached hydrogen (secondary N) is 2. The van der Waals surface area contributed by atoms with E-state index in [2.05, 4.69) is 15.3 Å². The molecule has 0 bridgehead atoms. The van der Waals surface area contributed by atoms with Crippen LogP contribution in [0.1, 0.15) is 39.5 Å². The average molecular weight is 277 g/mol. The zero-order valence-electron chi connectivity index (χ0n) is 10.6. The van der Waals surface area contributed by atoms with Crippen molar-refractivity contribution in [1.82, 2.24) is 15.3 Å². The number of hydrogen-bond donors (Lipinski definition) is 3. The highest BCUT2D eigenvalue weighted by atomic mass is 19.1. The molecular formula is C13H12FN3O3. The van der Waals surface area contributed by atoms with Crippen molar-refractivity contribution in [3.63, 3.8) is 0 Å². The molecule has 6 nitrogen and oxygen atoms in total. The Kier molecular flexibility index (Phi) is 3.79. The van der Waals surface area contributed by atoms with Gasteiger partial charge in [0.15, 0.2) is 11.4 Å². The van der Waals surface area contributed by atoms with Crippen LogP contribution in [-0.4, -0.2) is 27.0 Å². The first-order chi connectivity index (χ1) is 9.49. The molecule has 1 aromatic carbocycles. The number of carbonyl (C=O) groups is 2. The lowest BCUT2D eigenvalue weighted by molar-refractivity contribution is 0.0684. The van der Waals surface area contributed by atoms with Crippen molar-refractivity contribution in [3.8, 4) is 0 Å². The number of carboxylic acids is 1. The maximum Gasteiger partial charge on any atom is 0.354 e. The highest BCUT2D eigenvalue weighted by Gasteiger charge is 2.21. The Hall–Kier alpha value is -2.70. The number of nitrogens with zero attached hydrogens (tertiary/aromatic N) is 1. The van der Waals surface area contributed by atoms with Crippen molar-refractivity contribution in [2.75, 3.05) is 0 Å². The van der Waals surface area contributed by atoms with Crippen molar-refractivity contribution in [2.24, 2.45) is 0 Å². The Morgan fingerprint density at radius 3 is 2.60 bits per heavy atom. The summed E-state index contributed by atoms with van der Waals surface area (Å²) in [5, 5.41) is 11.5. The van der Waals surface area contributed by atoms with Gasteiger partial charge in [-0.1, -0.05) is 12.1 Å². The van der Waals surface area contributed by atoms with Crippen LogP contribution in [0.2, 0.25) is 0 Å². The molecule has 3 N–H and O–H groups in total. The predicted octanol–water partition coefficient (Wildman–Crippen LogP) is 1.74. The van der Waals surface area contributed by atoms with Crippen LogP contribution in [0.5, 0.6) is 0 Å². The van der Waals surface area contributed by atoms with Crippen LogP contribution in [0.25, 0.3) is 0 Å². The number of aromatic amines is 1. The number of aromatic nitrogens is 2. The molecule has 0 aliphatic carbocycles. The van der Waals surface area contributed by atoms with Crippen LogP contribution >= 0.6 is 0 Å². The molecule has 1 amide bonds. The smallest absolute Gasteiger partial charge is 0.354 e. The maximum atomic E-state index is 12.8. The second-order valence-electron chi connectivity index (χ2n) is 4.18. The molecule has 0 aliphatic heterocycles. The summed E-state index contributed by atoms with van der Waals surface area (Å²) in [5.41, 5.74) is 0.243. The number of aromatic carboxylic acids is 1. The van der Waals surface area contributed by atoms with E-state index >= 15 is 0 Å².